The van der Waals surface area contributed by atoms with Gasteiger partial charge in [-0.2, -0.15) is 0 Å². The summed E-state index contributed by atoms with van der Waals surface area (Å²) >= 11 is 0. The molecule has 6 heteroatoms. The number of methoxy groups -OCH3 is 1. The Bertz CT molecular complexity index is 820. The fourth-order valence-corrected chi connectivity index (χ4v) is 4.50. The Morgan fingerprint density at radius 3 is 2.64 bits per heavy atom. The SMILES string of the molecule is COc1cc2c(C3CCN(C)C3)nc(C)nc2cc1OCCCN1CCCC1. The third kappa shape index (κ3) is 4.23. The molecule has 6 nitrogen and oxygen atoms in total. The summed E-state index contributed by atoms with van der Waals surface area (Å²) in [6.45, 7) is 8.40. The molecule has 2 fully saturated rings. The fraction of sp³-hybridized carbons (Fsp3) is 0.636. The Labute approximate surface area is 167 Å². The maximum atomic E-state index is 6.10. The molecule has 0 bridgehead atoms. The lowest BCUT2D eigenvalue weighted by Gasteiger charge is -2.17. The van der Waals surface area contributed by atoms with Crippen LogP contribution in [0.4, 0.5) is 0 Å². The molecule has 1 aromatic carbocycles. The van der Waals surface area contributed by atoms with Gasteiger partial charge in [-0.25, -0.2) is 9.97 Å². The Morgan fingerprint density at radius 2 is 1.93 bits per heavy atom. The van der Waals surface area contributed by atoms with Crippen molar-refractivity contribution in [1.82, 2.24) is 19.8 Å². The molecule has 28 heavy (non-hydrogen) atoms. The number of hydrogen-bond donors (Lipinski definition) is 0. The van der Waals surface area contributed by atoms with Gasteiger partial charge in [0, 0.05) is 30.5 Å². The molecule has 1 atom stereocenters. The molecule has 1 unspecified atom stereocenters. The quantitative estimate of drug-likeness (QED) is 0.683. The van der Waals surface area contributed by atoms with Gasteiger partial charge in [0.25, 0.3) is 0 Å². The van der Waals surface area contributed by atoms with E-state index in [4.69, 9.17) is 14.5 Å². The van der Waals surface area contributed by atoms with Crippen molar-refractivity contribution in [3.63, 3.8) is 0 Å². The van der Waals surface area contributed by atoms with Gasteiger partial charge in [-0.15, -0.1) is 0 Å². The first kappa shape index (κ1) is 19.4. The lowest BCUT2D eigenvalue weighted by Crippen LogP contribution is -2.21. The van der Waals surface area contributed by atoms with E-state index >= 15 is 0 Å². The van der Waals surface area contributed by atoms with Crippen LogP contribution in [0.25, 0.3) is 10.9 Å². The number of nitrogens with zero attached hydrogens (tertiary/aromatic N) is 4. The van der Waals surface area contributed by atoms with Crippen molar-refractivity contribution >= 4 is 10.9 Å². The molecule has 1 aromatic heterocycles. The molecule has 3 heterocycles. The fourth-order valence-electron chi connectivity index (χ4n) is 4.50. The van der Waals surface area contributed by atoms with E-state index in [1.165, 1.54) is 25.9 Å². The normalized spacial score (nSPS) is 20.9. The van der Waals surface area contributed by atoms with Crippen molar-refractivity contribution in [1.29, 1.82) is 0 Å². The van der Waals surface area contributed by atoms with Crippen LogP contribution in [0.15, 0.2) is 12.1 Å². The number of fused-ring (bicyclic) bond motifs is 1. The predicted molar refractivity (Wildman–Crippen MR) is 111 cm³/mol. The first-order valence-corrected chi connectivity index (χ1v) is 10.5. The number of benzene rings is 1. The standard InChI is InChI=1S/C22H32N4O2/c1-16-23-19-14-21(28-12-6-10-26-8-4-5-9-26)20(27-3)13-18(19)22(24-16)17-7-11-25(2)15-17/h13-14,17H,4-12,15H2,1-3H3. The number of aromatic nitrogens is 2. The highest BCUT2D eigenvalue weighted by molar-refractivity contribution is 5.85. The highest BCUT2D eigenvalue weighted by Gasteiger charge is 2.25. The second-order valence-electron chi connectivity index (χ2n) is 8.17. The van der Waals surface area contributed by atoms with Gasteiger partial charge in [-0.05, 0) is 65.4 Å². The van der Waals surface area contributed by atoms with Crippen LogP contribution in [-0.4, -0.2) is 73.3 Å². The molecule has 2 aliphatic rings. The monoisotopic (exact) mass is 384 g/mol. The van der Waals surface area contributed by atoms with Gasteiger partial charge >= 0.3 is 0 Å². The van der Waals surface area contributed by atoms with Gasteiger partial charge < -0.3 is 19.3 Å². The second-order valence-corrected chi connectivity index (χ2v) is 8.17. The summed E-state index contributed by atoms with van der Waals surface area (Å²) in [5.74, 6) is 2.83. The Morgan fingerprint density at radius 1 is 1.11 bits per heavy atom. The summed E-state index contributed by atoms with van der Waals surface area (Å²) in [5, 5.41) is 1.09. The van der Waals surface area contributed by atoms with E-state index < -0.39 is 0 Å². The van der Waals surface area contributed by atoms with Crippen LogP contribution in [0.2, 0.25) is 0 Å². The van der Waals surface area contributed by atoms with Crippen LogP contribution in [0.3, 0.4) is 0 Å². The van der Waals surface area contributed by atoms with Crippen LogP contribution in [0.1, 0.15) is 43.1 Å². The number of likely N-dealkylation sites (N-methyl/N-ethyl adjacent to an activating group) is 1. The van der Waals surface area contributed by atoms with E-state index in [1.807, 2.05) is 13.0 Å². The molecule has 2 saturated heterocycles. The first-order chi connectivity index (χ1) is 13.6. The highest BCUT2D eigenvalue weighted by Crippen LogP contribution is 2.36. The molecule has 0 aliphatic carbocycles. The molecule has 0 radical (unpaired) electrons. The molecule has 2 aromatic rings. The second kappa shape index (κ2) is 8.62. The van der Waals surface area contributed by atoms with E-state index in [0.717, 1.165) is 66.4 Å². The maximum Gasteiger partial charge on any atom is 0.163 e. The number of ether oxygens (including phenoxy) is 2. The van der Waals surface area contributed by atoms with Crippen LogP contribution < -0.4 is 9.47 Å². The average molecular weight is 385 g/mol. The highest BCUT2D eigenvalue weighted by atomic mass is 16.5. The minimum absolute atomic E-state index is 0.450. The van der Waals surface area contributed by atoms with Crippen LogP contribution >= 0.6 is 0 Å². The average Bonchev–Trinajstić information content (AvgIpc) is 3.35. The molecular weight excluding hydrogens is 352 g/mol. The molecule has 0 spiro atoms. The number of aryl methyl sites for hydroxylation is 1. The first-order valence-electron chi connectivity index (χ1n) is 10.5. The Balaban J connectivity index is 1.54. The third-order valence-electron chi connectivity index (χ3n) is 5.98. The minimum atomic E-state index is 0.450. The molecule has 2 aliphatic heterocycles. The summed E-state index contributed by atoms with van der Waals surface area (Å²) in [5.41, 5.74) is 2.10. The minimum Gasteiger partial charge on any atom is -0.493 e. The van der Waals surface area contributed by atoms with E-state index in [9.17, 15) is 0 Å². The van der Waals surface area contributed by atoms with E-state index in [1.54, 1.807) is 7.11 Å². The number of rotatable bonds is 7. The van der Waals surface area contributed by atoms with E-state index in [2.05, 4.69) is 27.9 Å². The largest absolute Gasteiger partial charge is 0.493 e. The zero-order valence-corrected chi connectivity index (χ0v) is 17.4. The molecule has 4 rings (SSSR count). The van der Waals surface area contributed by atoms with Gasteiger partial charge in [0.05, 0.1) is 24.9 Å². The van der Waals surface area contributed by atoms with Crippen LogP contribution in [-0.2, 0) is 0 Å². The lowest BCUT2D eigenvalue weighted by atomic mass is 9.99. The molecule has 152 valence electrons. The molecule has 0 saturated carbocycles. The summed E-state index contributed by atoms with van der Waals surface area (Å²) in [6.07, 6.45) is 4.83. The number of likely N-dealkylation sites (tertiary alicyclic amines) is 2. The summed E-state index contributed by atoms with van der Waals surface area (Å²) in [4.78, 5) is 14.4. The van der Waals surface area contributed by atoms with Gasteiger partial charge in [0.1, 0.15) is 5.82 Å². The van der Waals surface area contributed by atoms with Gasteiger partial charge in [0.2, 0.25) is 0 Å². The smallest absolute Gasteiger partial charge is 0.163 e. The Kier molecular flexibility index (Phi) is 5.97. The third-order valence-corrected chi connectivity index (χ3v) is 5.98. The van der Waals surface area contributed by atoms with Gasteiger partial charge in [0.15, 0.2) is 11.5 Å². The van der Waals surface area contributed by atoms with Crippen molar-refractivity contribution < 1.29 is 9.47 Å². The Hall–Kier alpha value is -1.92. The van der Waals surface area contributed by atoms with Crippen LogP contribution in [0, 0.1) is 6.92 Å². The van der Waals surface area contributed by atoms with Crippen LogP contribution in [0.5, 0.6) is 11.5 Å². The summed E-state index contributed by atoms with van der Waals surface area (Å²) in [7, 11) is 3.88. The van der Waals surface area contributed by atoms with Crippen molar-refractivity contribution in [2.75, 3.05) is 53.5 Å². The van der Waals surface area contributed by atoms with Crippen molar-refractivity contribution in [3.05, 3.63) is 23.7 Å². The van der Waals surface area contributed by atoms with E-state index in [-0.39, 0.29) is 0 Å². The van der Waals surface area contributed by atoms with Crippen molar-refractivity contribution in [3.8, 4) is 11.5 Å². The zero-order chi connectivity index (χ0) is 19.5. The van der Waals surface area contributed by atoms with Gasteiger partial charge in [-0.3, -0.25) is 0 Å². The van der Waals surface area contributed by atoms with Crippen molar-refractivity contribution in [2.45, 2.75) is 38.5 Å². The number of hydrogen-bond acceptors (Lipinski definition) is 6. The lowest BCUT2D eigenvalue weighted by molar-refractivity contribution is 0.254. The summed E-state index contributed by atoms with van der Waals surface area (Å²) < 4.78 is 11.7. The molecule has 0 amide bonds. The molecular formula is C22H32N4O2. The summed E-state index contributed by atoms with van der Waals surface area (Å²) in [6, 6.07) is 4.10. The van der Waals surface area contributed by atoms with E-state index in [0.29, 0.717) is 12.5 Å². The topological polar surface area (TPSA) is 50.7 Å². The maximum absolute atomic E-state index is 6.10. The van der Waals surface area contributed by atoms with Crippen molar-refractivity contribution in [2.24, 2.45) is 0 Å². The molecule has 0 N–H and O–H groups in total. The zero-order valence-electron chi connectivity index (χ0n) is 17.4. The predicted octanol–water partition coefficient (Wildman–Crippen LogP) is 3.23. The van der Waals surface area contributed by atoms with Gasteiger partial charge in [-0.1, -0.05) is 0 Å².